The van der Waals surface area contributed by atoms with Crippen LogP contribution in [0.25, 0.3) is 0 Å². The number of halogens is 2. The van der Waals surface area contributed by atoms with Gasteiger partial charge in [-0.25, -0.2) is 8.78 Å². The Labute approximate surface area is 122 Å². The maximum Gasteiger partial charge on any atom is 0.135 e. The van der Waals surface area contributed by atoms with Crippen molar-refractivity contribution in [3.8, 4) is 5.75 Å². The van der Waals surface area contributed by atoms with Gasteiger partial charge in [-0.05, 0) is 31.5 Å². The molecule has 1 aromatic carbocycles. The fourth-order valence-corrected chi connectivity index (χ4v) is 2.25. The zero-order valence-corrected chi connectivity index (χ0v) is 12.4. The van der Waals surface area contributed by atoms with E-state index in [-0.39, 0.29) is 11.3 Å². The summed E-state index contributed by atoms with van der Waals surface area (Å²) in [6.45, 7) is 4.45. The Hall–Kier alpha value is -1.88. The highest BCUT2D eigenvalue weighted by Gasteiger charge is 2.26. The predicted molar refractivity (Wildman–Crippen MR) is 76.5 cm³/mol. The van der Waals surface area contributed by atoms with Crippen LogP contribution in [0, 0.1) is 18.6 Å². The Morgan fingerprint density at radius 2 is 1.95 bits per heavy atom. The third-order valence-corrected chi connectivity index (χ3v) is 3.34. The number of hydrogen-bond acceptors (Lipinski definition) is 3. The summed E-state index contributed by atoms with van der Waals surface area (Å²) in [4.78, 5) is 0. The highest BCUT2D eigenvalue weighted by Crippen LogP contribution is 2.31. The van der Waals surface area contributed by atoms with Crippen molar-refractivity contribution in [3.05, 3.63) is 53.0 Å². The molecular formula is C16H19F2NO2. The van der Waals surface area contributed by atoms with E-state index >= 15 is 0 Å². The van der Waals surface area contributed by atoms with Crippen LogP contribution in [0.15, 0.2) is 28.9 Å². The molecule has 114 valence electrons. The summed E-state index contributed by atoms with van der Waals surface area (Å²) in [5, 5.41) is 3.13. The Kier molecular flexibility index (Phi) is 4.96. The third-order valence-electron chi connectivity index (χ3n) is 3.34. The van der Waals surface area contributed by atoms with E-state index in [4.69, 9.17) is 9.15 Å². The lowest BCUT2D eigenvalue weighted by Gasteiger charge is -2.19. The maximum atomic E-state index is 14.3. The number of rotatable bonds is 6. The van der Waals surface area contributed by atoms with Crippen LogP contribution in [0.4, 0.5) is 8.78 Å². The number of benzene rings is 1. The molecule has 0 aliphatic heterocycles. The molecule has 1 aromatic heterocycles. The molecule has 0 fully saturated rings. The van der Waals surface area contributed by atoms with E-state index in [0.717, 1.165) is 12.0 Å². The van der Waals surface area contributed by atoms with E-state index in [1.54, 1.807) is 6.07 Å². The highest BCUT2D eigenvalue weighted by atomic mass is 19.1. The second-order valence-electron chi connectivity index (χ2n) is 4.86. The van der Waals surface area contributed by atoms with Crippen molar-refractivity contribution in [3.63, 3.8) is 0 Å². The van der Waals surface area contributed by atoms with E-state index < -0.39 is 17.7 Å². The second kappa shape index (κ2) is 6.72. The van der Waals surface area contributed by atoms with Crippen LogP contribution in [0.1, 0.15) is 36.3 Å². The minimum absolute atomic E-state index is 0.0534. The first-order valence-electron chi connectivity index (χ1n) is 6.88. The fourth-order valence-electron chi connectivity index (χ4n) is 2.25. The summed E-state index contributed by atoms with van der Waals surface area (Å²) in [5.41, 5.74) is 0.792. The lowest BCUT2D eigenvalue weighted by Crippen LogP contribution is -2.25. The van der Waals surface area contributed by atoms with Gasteiger partial charge >= 0.3 is 0 Å². The summed E-state index contributed by atoms with van der Waals surface area (Å²) in [5.74, 6) is -0.641. The van der Waals surface area contributed by atoms with Crippen molar-refractivity contribution in [2.45, 2.75) is 26.3 Å². The average molecular weight is 295 g/mol. The first-order valence-corrected chi connectivity index (χ1v) is 6.88. The second-order valence-corrected chi connectivity index (χ2v) is 4.86. The summed E-state index contributed by atoms with van der Waals surface area (Å²) in [6.07, 6.45) is 2.36. The summed E-state index contributed by atoms with van der Waals surface area (Å²) >= 11 is 0. The number of methoxy groups -OCH3 is 1. The standard InChI is InChI=1S/C16H19F2NO2/c1-4-6-19-15(16-10(2)5-7-21-16)14-12(17)8-11(20-3)9-13(14)18/h5,7-9,15,19H,4,6H2,1-3H3. The molecule has 2 aromatic rings. The van der Waals surface area contributed by atoms with Gasteiger partial charge in [0.05, 0.1) is 19.4 Å². The SMILES string of the molecule is CCCNC(c1occc1C)c1c(F)cc(OC)cc1F. The van der Waals surface area contributed by atoms with Crippen LogP contribution in [0.3, 0.4) is 0 Å². The third kappa shape index (κ3) is 3.24. The molecular weight excluding hydrogens is 276 g/mol. The van der Waals surface area contributed by atoms with Gasteiger partial charge in [-0.15, -0.1) is 0 Å². The number of aryl methyl sites for hydroxylation is 1. The zero-order valence-electron chi connectivity index (χ0n) is 12.4. The molecule has 21 heavy (non-hydrogen) atoms. The molecule has 2 rings (SSSR count). The molecule has 1 heterocycles. The molecule has 1 unspecified atom stereocenters. The van der Waals surface area contributed by atoms with Crippen molar-refractivity contribution in [2.75, 3.05) is 13.7 Å². The number of nitrogens with one attached hydrogen (secondary N) is 1. The van der Waals surface area contributed by atoms with Crippen molar-refractivity contribution < 1.29 is 17.9 Å². The van der Waals surface area contributed by atoms with Gasteiger partial charge in [-0.2, -0.15) is 0 Å². The largest absolute Gasteiger partial charge is 0.497 e. The van der Waals surface area contributed by atoms with Gasteiger partial charge < -0.3 is 14.5 Å². The van der Waals surface area contributed by atoms with Crippen molar-refractivity contribution in [1.82, 2.24) is 5.32 Å². The van der Waals surface area contributed by atoms with Crippen LogP contribution >= 0.6 is 0 Å². The van der Waals surface area contributed by atoms with E-state index in [9.17, 15) is 8.78 Å². The number of hydrogen-bond donors (Lipinski definition) is 1. The molecule has 0 saturated heterocycles. The van der Waals surface area contributed by atoms with Crippen molar-refractivity contribution in [1.29, 1.82) is 0 Å². The van der Waals surface area contributed by atoms with Crippen molar-refractivity contribution >= 4 is 0 Å². The van der Waals surface area contributed by atoms with Gasteiger partial charge in [0.1, 0.15) is 23.1 Å². The Morgan fingerprint density at radius 1 is 1.29 bits per heavy atom. The van der Waals surface area contributed by atoms with E-state index in [0.29, 0.717) is 12.3 Å². The zero-order chi connectivity index (χ0) is 15.4. The topological polar surface area (TPSA) is 34.4 Å². The van der Waals surface area contributed by atoms with Gasteiger partial charge in [0.15, 0.2) is 0 Å². The summed E-state index contributed by atoms with van der Waals surface area (Å²) in [7, 11) is 1.37. The molecule has 0 saturated carbocycles. The number of furan rings is 1. The van der Waals surface area contributed by atoms with Gasteiger partial charge in [0, 0.05) is 17.7 Å². The van der Waals surface area contributed by atoms with Gasteiger partial charge in [-0.3, -0.25) is 0 Å². The lowest BCUT2D eigenvalue weighted by molar-refractivity contribution is 0.395. The maximum absolute atomic E-state index is 14.3. The monoisotopic (exact) mass is 295 g/mol. The molecule has 3 nitrogen and oxygen atoms in total. The minimum atomic E-state index is -0.661. The smallest absolute Gasteiger partial charge is 0.135 e. The Bertz CT molecular complexity index is 587. The van der Waals surface area contributed by atoms with Gasteiger partial charge in [0.25, 0.3) is 0 Å². The Balaban J connectivity index is 2.49. The molecule has 0 amide bonds. The van der Waals surface area contributed by atoms with E-state index in [1.807, 2.05) is 13.8 Å². The van der Waals surface area contributed by atoms with Gasteiger partial charge in [-0.1, -0.05) is 6.92 Å². The minimum Gasteiger partial charge on any atom is -0.497 e. The lowest BCUT2D eigenvalue weighted by atomic mass is 10.00. The van der Waals surface area contributed by atoms with Gasteiger partial charge in [0.2, 0.25) is 0 Å². The predicted octanol–water partition coefficient (Wildman–Crippen LogP) is 3.96. The molecule has 5 heteroatoms. The molecule has 1 N–H and O–H groups in total. The molecule has 0 radical (unpaired) electrons. The first kappa shape index (κ1) is 15.5. The van der Waals surface area contributed by atoms with Crippen LogP contribution in [-0.2, 0) is 0 Å². The molecule has 0 bridgehead atoms. The molecule has 1 atom stereocenters. The fraction of sp³-hybridized carbons (Fsp3) is 0.375. The molecule has 0 aliphatic rings. The summed E-state index contributed by atoms with van der Waals surface area (Å²) < 4.78 is 38.9. The van der Waals surface area contributed by atoms with Crippen LogP contribution < -0.4 is 10.1 Å². The molecule has 0 spiro atoms. The normalized spacial score (nSPS) is 12.4. The first-order chi connectivity index (χ1) is 10.1. The Morgan fingerprint density at radius 3 is 2.43 bits per heavy atom. The van der Waals surface area contributed by atoms with Crippen LogP contribution in [0.5, 0.6) is 5.75 Å². The van der Waals surface area contributed by atoms with Crippen LogP contribution in [-0.4, -0.2) is 13.7 Å². The molecule has 0 aliphatic carbocycles. The van der Waals surface area contributed by atoms with E-state index in [1.165, 1.54) is 25.5 Å². The summed E-state index contributed by atoms with van der Waals surface area (Å²) in [6, 6.07) is 3.47. The van der Waals surface area contributed by atoms with E-state index in [2.05, 4.69) is 5.32 Å². The average Bonchev–Trinajstić information content (AvgIpc) is 2.87. The quantitative estimate of drug-likeness (QED) is 0.876. The van der Waals surface area contributed by atoms with Crippen molar-refractivity contribution in [2.24, 2.45) is 0 Å². The highest BCUT2D eigenvalue weighted by molar-refractivity contribution is 5.37. The van der Waals surface area contributed by atoms with Crippen LogP contribution in [0.2, 0.25) is 0 Å². The number of ether oxygens (including phenoxy) is 1.